The van der Waals surface area contributed by atoms with Gasteiger partial charge in [-0.1, -0.05) is 0 Å². The van der Waals surface area contributed by atoms with E-state index in [4.69, 9.17) is 9.47 Å². The summed E-state index contributed by atoms with van der Waals surface area (Å²) < 4.78 is 10.8. The Morgan fingerprint density at radius 2 is 2.09 bits per heavy atom. The fourth-order valence-corrected chi connectivity index (χ4v) is 3.10. The zero-order valence-corrected chi connectivity index (χ0v) is 12.5. The van der Waals surface area contributed by atoms with Crippen molar-refractivity contribution in [1.29, 1.82) is 0 Å². The van der Waals surface area contributed by atoms with Crippen molar-refractivity contribution in [2.75, 3.05) is 13.3 Å². The molecule has 2 aliphatic heterocycles. The highest BCUT2D eigenvalue weighted by molar-refractivity contribution is 5.92. The quantitative estimate of drug-likeness (QED) is 0.857. The maximum Gasteiger partial charge on any atom is 0.274 e. The molecule has 3 heterocycles. The maximum atomic E-state index is 12.7. The number of hydrogen-bond acceptors (Lipinski definition) is 5. The summed E-state index contributed by atoms with van der Waals surface area (Å²) in [5.74, 6) is 1.28. The molecule has 1 atom stereocenters. The third-order valence-corrected chi connectivity index (χ3v) is 4.33. The molecule has 2 aliphatic rings. The standard InChI is InChI=1S/C16H15N3O4/c1-9-11-7-14-13(22-8-23-14)6-10(11)4-5-19(9)16(21)12-2-3-15(20)18-17-12/h2-3,6-7,9H,4-5,8H2,1H3,(H,18,20). The fraction of sp³-hybridized carbons (Fsp3) is 0.312. The minimum atomic E-state index is -0.328. The number of nitrogens with zero attached hydrogens (tertiary/aromatic N) is 2. The lowest BCUT2D eigenvalue weighted by molar-refractivity contribution is 0.0670. The minimum Gasteiger partial charge on any atom is -0.454 e. The predicted molar refractivity (Wildman–Crippen MR) is 80.6 cm³/mol. The molecule has 1 amide bonds. The lowest BCUT2D eigenvalue weighted by Crippen LogP contribution is -2.39. The van der Waals surface area contributed by atoms with Gasteiger partial charge in [0.2, 0.25) is 6.79 Å². The molecule has 7 nitrogen and oxygen atoms in total. The number of aromatic amines is 1. The van der Waals surface area contributed by atoms with E-state index >= 15 is 0 Å². The van der Waals surface area contributed by atoms with E-state index < -0.39 is 0 Å². The number of amides is 1. The number of hydrogen-bond donors (Lipinski definition) is 1. The van der Waals surface area contributed by atoms with Crippen LogP contribution in [0.25, 0.3) is 0 Å². The van der Waals surface area contributed by atoms with Crippen LogP contribution >= 0.6 is 0 Å². The summed E-state index contributed by atoms with van der Waals surface area (Å²) >= 11 is 0. The zero-order valence-electron chi connectivity index (χ0n) is 12.5. The van der Waals surface area contributed by atoms with Gasteiger partial charge in [-0.15, -0.1) is 0 Å². The highest BCUT2D eigenvalue weighted by atomic mass is 16.7. The molecule has 0 radical (unpaired) electrons. The molecule has 0 spiro atoms. The number of carbonyl (C=O) groups excluding carboxylic acids is 1. The molecule has 2 aromatic rings. The lowest BCUT2D eigenvalue weighted by atomic mass is 9.92. The van der Waals surface area contributed by atoms with E-state index in [0.717, 1.165) is 17.7 Å². The van der Waals surface area contributed by atoms with Crippen molar-refractivity contribution in [3.8, 4) is 11.5 Å². The van der Waals surface area contributed by atoms with E-state index in [1.54, 1.807) is 4.90 Å². The Hall–Kier alpha value is -2.83. The van der Waals surface area contributed by atoms with E-state index in [-0.39, 0.29) is 30.0 Å². The van der Waals surface area contributed by atoms with Gasteiger partial charge < -0.3 is 14.4 Å². The van der Waals surface area contributed by atoms with E-state index in [1.165, 1.54) is 17.7 Å². The molecule has 1 N–H and O–H groups in total. The minimum absolute atomic E-state index is 0.102. The maximum absolute atomic E-state index is 12.7. The Morgan fingerprint density at radius 3 is 2.83 bits per heavy atom. The summed E-state index contributed by atoms with van der Waals surface area (Å²) in [4.78, 5) is 25.5. The summed E-state index contributed by atoms with van der Waals surface area (Å²) in [6.07, 6.45) is 0.741. The monoisotopic (exact) mass is 313 g/mol. The molecule has 118 valence electrons. The van der Waals surface area contributed by atoms with Crippen molar-refractivity contribution < 1.29 is 14.3 Å². The number of fused-ring (bicyclic) bond motifs is 2. The SMILES string of the molecule is CC1c2cc3c(cc2CCN1C(=O)c1ccc(=O)[nH]n1)OCO3. The summed E-state index contributed by atoms with van der Waals surface area (Å²) in [5, 5.41) is 6.13. The van der Waals surface area contributed by atoms with Gasteiger partial charge in [-0.25, -0.2) is 5.10 Å². The summed E-state index contributed by atoms with van der Waals surface area (Å²) in [6.45, 7) is 2.80. The third-order valence-electron chi connectivity index (χ3n) is 4.33. The predicted octanol–water partition coefficient (Wildman–Crippen LogP) is 1.26. The molecule has 0 saturated heterocycles. The number of ether oxygens (including phenoxy) is 2. The van der Waals surface area contributed by atoms with E-state index in [1.807, 2.05) is 19.1 Å². The third kappa shape index (κ3) is 2.25. The van der Waals surface area contributed by atoms with Crippen LogP contribution < -0.4 is 15.0 Å². The van der Waals surface area contributed by atoms with E-state index in [2.05, 4.69) is 10.2 Å². The van der Waals surface area contributed by atoms with Crippen LogP contribution in [0.1, 0.15) is 34.6 Å². The van der Waals surface area contributed by atoms with Gasteiger partial charge >= 0.3 is 0 Å². The second-order valence-electron chi connectivity index (χ2n) is 5.64. The van der Waals surface area contributed by atoms with Crippen molar-refractivity contribution in [2.24, 2.45) is 0 Å². The van der Waals surface area contributed by atoms with Crippen LogP contribution in [0.15, 0.2) is 29.1 Å². The fourth-order valence-electron chi connectivity index (χ4n) is 3.10. The Bertz CT molecular complexity index is 825. The number of rotatable bonds is 1. The highest BCUT2D eigenvalue weighted by Crippen LogP contribution is 2.40. The number of nitrogens with one attached hydrogen (secondary N) is 1. The van der Waals surface area contributed by atoms with Gasteiger partial charge in [-0.05, 0) is 42.7 Å². The topological polar surface area (TPSA) is 84.5 Å². The Kier molecular flexibility index (Phi) is 3.07. The second-order valence-corrected chi connectivity index (χ2v) is 5.64. The van der Waals surface area contributed by atoms with Gasteiger partial charge in [-0.3, -0.25) is 9.59 Å². The molecule has 1 unspecified atom stereocenters. The smallest absolute Gasteiger partial charge is 0.274 e. The van der Waals surface area contributed by atoms with Crippen LogP contribution in [-0.4, -0.2) is 34.3 Å². The van der Waals surface area contributed by atoms with Crippen LogP contribution in [-0.2, 0) is 6.42 Å². The van der Waals surface area contributed by atoms with Crippen molar-refractivity contribution >= 4 is 5.91 Å². The second kappa shape index (κ2) is 5.12. The van der Waals surface area contributed by atoms with Gasteiger partial charge in [0, 0.05) is 12.6 Å². The van der Waals surface area contributed by atoms with Crippen LogP contribution in [0.3, 0.4) is 0 Å². The molecule has 0 saturated carbocycles. The van der Waals surface area contributed by atoms with Crippen LogP contribution in [0.5, 0.6) is 11.5 Å². The average molecular weight is 313 g/mol. The summed E-state index contributed by atoms with van der Waals surface area (Å²) in [7, 11) is 0. The van der Waals surface area contributed by atoms with Crippen LogP contribution in [0.2, 0.25) is 0 Å². The molecule has 0 aliphatic carbocycles. The summed E-state index contributed by atoms with van der Waals surface area (Å²) in [6, 6.07) is 6.59. The van der Waals surface area contributed by atoms with Gasteiger partial charge in [0.25, 0.3) is 11.5 Å². The Morgan fingerprint density at radius 1 is 1.30 bits per heavy atom. The molecule has 1 aromatic carbocycles. The normalized spacial score (nSPS) is 18.7. The molecular weight excluding hydrogens is 298 g/mol. The molecule has 0 fully saturated rings. The Balaban J connectivity index is 1.66. The summed E-state index contributed by atoms with van der Waals surface area (Å²) in [5.41, 5.74) is 2.13. The first-order valence-electron chi connectivity index (χ1n) is 7.42. The number of carbonyl (C=O) groups is 1. The Labute approximate surface area is 131 Å². The van der Waals surface area contributed by atoms with Crippen molar-refractivity contribution in [3.05, 3.63) is 51.4 Å². The highest BCUT2D eigenvalue weighted by Gasteiger charge is 2.31. The van der Waals surface area contributed by atoms with Gasteiger partial charge in [-0.2, -0.15) is 5.10 Å². The number of H-pyrrole nitrogens is 1. The number of aromatic nitrogens is 2. The molecule has 0 bridgehead atoms. The van der Waals surface area contributed by atoms with Crippen molar-refractivity contribution in [2.45, 2.75) is 19.4 Å². The first-order chi connectivity index (χ1) is 11.1. The largest absolute Gasteiger partial charge is 0.454 e. The zero-order chi connectivity index (χ0) is 16.0. The molecule has 7 heteroatoms. The molecule has 1 aromatic heterocycles. The van der Waals surface area contributed by atoms with Crippen LogP contribution in [0, 0.1) is 0 Å². The first-order valence-corrected chi connectivity index (χ1v) is 7.42. The van der Waals surface area contributed by atoms with Gasteiger partial charge in [0.1, 0.15) is 5.69 Å². The van der Waals surface area contributed by atoms with E-state index in [9.17, 15) is 9.59 Å². The van der Waals surface area contributed by atoms with E-state index in [0.29, 0.717) is 12.3 Å². The molecular formula is C16H15N3O4. The van der Waals surface area contributed by atoms with Crippen molar-refractivity contribution in [1.82, 2.24) is 15.1 Å². The average Bonchev–Trinajstić information content (AvgIpc) is 3.01. The molecule has 23 heavy (non-hydrogen) atoms. The first kappa shape index (κ1) is 13.8. The lowest BCUT2D eigenvalue weighted by Gasteiger charge is -2.35. The van der Waals surface area contributed by atoms with Gasteiger partial charge in [0.05, 0.1) is 6.04 Å². The van der Waals surface area contributed by atoms with Crippen molar-refractivity contribution in [3.63, 3.8) is 0 Å². The molecule has 4 rings (SSSR count). The van der Waals surface area contributed by atoms with Crippen LogP contribution in [0.4, 0.5) is 0 Å². The number of benzene rings is 1. The van der Waals surface area contributed by atoms with Gasteiger partial charge in [0.15, 0.2) is 11.5 Å².